The molecule has 0 aliphatic carbocycles. The number of imidazole rings is 1. The fourth-order valence-corrected chi connectivity index (χ4v) is 3.54. The standard InChI is InChI=1S/C18H16IN3O/c19-13-9-7-12(8-10-13)18(23)22-11-3-6-16(22)17-20-14-4-1-2-5-15(14)21-17/h1-2,4-5,7-10,16H,3,6,11H2,(H,20,21). The lowest BCUT2D eigenvalue weighted by Gasteiger charge is -2.23. The molecule has 1 unspecified atom stereocenters. The molecule has 23 heavy (non-hydrogen) atoms. The number of likely N-dealkylation sites (tertiary alicyclic amines) is 1. The molecule has 1 aliphatic rings. The average Bonchev–Trinajstić information content (AvgIpc) is 3.21. The third-order valence-electron chi connectivity index (χ3n) is 4.33. The van der Waals surface area contributed by atoms with E-state index in [1.807, 2.05) is 53.4 Å². The third kappa shape index (κ3) is 2.73. The molecule has 5 heteroatoms. The number of aromatic nitrogens is 2. The van der Waals surface area contributed by atoms with Gasteiger partial charge in [0.05, 0.1) is 17.1 Å². The summed E-state index contributed by atoms with van der Waals surface area (Å²) >= 11 is 2.25. The number of aromatic amines is 1. The van der Waals surface area contributed by atoms with Crippen molar-refractivity contribution in [3.63, 3.8) is 0 Å². The van der Waals surface area contributed by atoms with Crippen molar-refractivity contribution in [3.05, 3.63) is 63.5 Å². The highest BCUT2D eigenvalue weighted by Gasteiger charge is 2.32. The highest BCUT2D eigenvalue weighted by Crippen LogP contribution is 2.32. The molecular formula is C18H16IN3O. The Labute approximate surface area is 148 Å². The van der Waals surface area contributed by atoms with Crippen molar-refractivity contribution in [3.8, 4) is 0 Å². The van der Waals surface area contributed by atoms with Crippen LogP contribution in [0.15, 0.2) is 48.5 Å². The lowest BCUT2D eigenvalue weighted by atomic mass is 10.1. The van der Waals surface area contributed by atoms with Crippen molar-refractivity contribution in [2.75, 3.05) is 6.54 Å². The van der Waals surface area contributed by atoms with Crippen LogP contribution in [0.25, 0.3) is 11.0 Å². The molecule has 2 heterocycles. The second-order valence-electron chi connectivity index (χ2n) is 5.80. The molecule has 1 saturated heterocycles. The summed E-state index contributed by atoms with van der Waals surface area (Å²) in [6.45, 7) is 0.784. The van der Waals surface area contributed by atoms with Gasteiger partial charge < -0.3 is 9.88 Å². The Hall–Kier alpha value is -1.89. The third-order valence-corrected chi connectivity index (χ3v) is 5.05. The Bertz CT molecular complexity index is 823. The molecule has 1 N–H and O–H groups in total. The van der Waals surface area contributed by atoms with Gasteiger partial charge in [-0.05, 0) is 71.8 Å². The maximum atomic E-state index is 12.8. The van der Waals surface area contributed by atoms with Crippen LogP contribution in [0.1, 0.15) is 35.1 Å². The Kier molecular flexibility index (Phi) is 3.80. The zero-order valence-corrected chi connectivity index (χ0v) is 14.7. The van der Waals surface area contributed by atoms with Gasteiger partial charge in [0, 0.05) is 15.7 Å². The van der Waals surface area contributed by atoms with Gasteiger partial charge in [0.15, 0.2) is 0 Å². The first-order chi connectivity index (χ1) is 11.2. The zero-order chi connectivity index (χ0) is 15.8. The number of H-pyrrole nitrogens is 1. The lowest BCUT2D eigenvalue weighted by Crippen LogP contribution is -2.31. The van der Waals surface area contributed by atoms with Crippen LogP contribution in [-0.4, -0.2) is 27.3 Å². The molecule has 1 aromatic heterocycles. The number of carbonyl (C=O) groups excluding carboxylic acids is 1. The first-order valence-corrected chi connectivity index (χ1v) is 8.81. The molecule has 0 saturated carbocycles. The summed E-state index contributed by atoms with van der Waals surface area (Å²) < 4.78 is 1.13. The van der Waals surface area contributed by atoms with Crippen LogP contribution >= 0.6 is 22.6 Å². The number of hydrogen-bond acceptors (Lipinski definition) is 2. The van der Waals surface area contributed by atoms with E-state index in [-0.39, 0.29) is 11.9 Å². The molecule has 1 aliphatic heterocycles. The molecular weight excluding hydrogens is 401 g/mol. The van der Waals surface area contributed by atoms with Crippen molar-refractivity contribution in [2.45, 2.75) is 18.9 Å². The number of carbonyl (C=O) groups is 1. The number of halogens is 1. The first kappa shape index (κ1) is 14.7. The lowest BCUT2D eigenvalue weighted by molar-refractivity contribution is 0.0730. The molecule has 0 radical (unpaired) electrons. The fraction of sp³-hybridized carbons (Fsp3) is 0.222. The summed E-state index contributed by atoms with van der Waals surface area (Å²) in [6.07, 6.45) is 1.97. The number of benzene rings is 2. The Morgan fingerprint density at radius 1 is 1.17 bits per heavy atom. The number of nitrogens with zero attached hydrogens (tertiary/aromatic N) is 2. The van der Waals surface area contributed by atoms with E-state index in [1.54, 1.807) is 0 Å². The number of rotatable bonds is 2. The van der Waals surface area contributed by atoms with Gasteiger partial charge in [-0.2, -0.15) is 0 Å². The summed E-state index contributed by atoms with van der Waals surface area (Å²) in [7, 11) is 0. The Morgan fingerprint density at radius 3 is 2.74 bits per heavy atom. The molecule has 0 bridgehead atoms. The van der Waals surface area contributed by atoms with Crippen LogP contribution in [0.4, 0.5) is 0 Å². The van der Waals surface area contributed by atoms with Crippen LogP contribution in [0.5, 0.6) is 0 Å². The van der Waals surface area contributed by atoms with Crippen LogP contribution in [0.3, 0.4) is 0 Å². The molecule has 4 rings (SSSR count). The van der Waals surface area contributed by atoms with E-state index in [2.05, 4.69) is 32.6 Å². The normalized spacial score (nSPS) is 17.8. The van der Waals surface area contributed by atoms with Crippen molar-refractivity contribution >= 4 is 39.5 Å². The number of hydrogen-bond donors (Lipinski definition) is 1. The van der Waals surface area contributed by atoms with Crippen LogP contribution in [0.2, 0.25) is 0 Å². The largest absolute Gasteiger partial charge is 0.340 e. The van der Waals surface area contributed by atoms with Gasteiger partial charge in [0.25, 0.3) is 5.91 Å². The average molecular weight is 417 g/mol. The van der Waals surface area contributed by atoms with Crippen molar-refractivity contribution in [2.24, 2.45) is 0 Å². The summed E-state index contributed by atoms with van der Waals surface area (Å²) in [6, 6.07) is 15.8. The van der Waals surface area contributed by atoms with E-state index < -0.39 is 0 Å². The molecule has 0 spiro atoms. The van der Waals surface area contributed by atoms with Crippen LogP contribution in [0, 0.1) is 3.57 Å². The quantitative estimate of drug-likeness (QED) is 0.638. The number of amides is 1. The van der Waals surface area contributed by atoms with E-state index in [0.717, 1.165) is 45.4 Å². The van der Waals surface area contributed by atoms with E-state index in [1.165, 1.54) is 0 Å². The van der Waals surface area contributed by atoms with Gasteiger partial charge in [-0.3, -0.25) is 4.79 Å². The van der Waals surface area contributed by atoms with Crippen LogP contribution in [-0.2, 0) is 0 Å². The minimum absolute atomic E-state index is 0.0363. The molecule has 4 nitrogen and oxygen atoms in total. The summed E-state index contributed by atoms with van der Waals surface area (Å²) in [5.74, 6) is 0.979. The van der Waals surface area contributed by atoms with Crippen molar-refractivity contribution in [1.29, 1.82) is 0 Å². The van der Waals surface area contributed by atoms with E-state index in [4.69, 9.17) is 0 Å². The summed E-state index contributed by atoms with van der Waals surface area (Å²) in [5, 5.41) is 0. The number of nitrogens with one attached hydrogen (secondary N) is 1. The first-order valence-electron chi connectivity index (χ1n) is 7.73. The highest BCUT2D eigenvalue weighted by atomic mass is 127. The van der Waals surface area contributed by atoms with Crippen LogP contribution < -0.4 is 0 Å². The van der Waals surface area contributed by atoms with Gasteiger partial charge in [-0.15, -0.1) is 0 Å². The topological polar surface area (TPSA) is 49.0 Å². The van der Waals surface area contributed by atoms with Gasteiger partial charge in [0.1, 0.15) is 5.82 Å². The smallest absolute Gasteiger partial charge is 0.254 e. The molecule has 3 aromatic rings. The maximum absolute atomic E-state index is 12.8. The molecule has 1 fully saturated rings. The minimum atomic E-state index is 0.0363. The van der Waals surface area contributed by atoms with E-state index in [0.29, 0.717) is 0 Å². The minimum Gasteiger partial charge on any atom is -0.340 e. The zero-order valence-electron chi connectivity index (χ0n) is 12.5. The molecule has 116 valence electrons. The fourth-order valence-electron chi connectivity index (χ4n) is 3.18. The van der Waals surface area contributed by atoms with Gasteiger partial charge in [0.2, 0.25) is 0 Å². The predicted octanol–water partition coefficient (Wildman–Crippen LogP) is 4.14. The summed E-state index contributed by atoms with van der Waals surface area (Å²) in [4.78, 5) is 22.8. The summed E-state index contributed by atoms with van der Waals surface area (Å²) in [5.41, 5.74) is 2.72. The maximum Gasteiger partial charge on any atom is 0.254 e. The van der Waals surface area contributed by atoms with Gasteiger partial charge in [-0.25, -0.2) is 4.98 Å². The van der Waals surface area contributed by atoms with Gasteiger partial charge in [-0.1, -0.05) is 12.1 Å². The molecule has 2 aromatic carbocycles. The van der Waals surface area contributed by atoms with Gasteiger partial charge >= 0.3 is 0 Å². The Balaban J connectivity index is 1.65. The molecule has 1 amide bonds. The van der Waals surface area contributed by atoms with Crippen molar-refractivity contribution in [1.82, 2.24) is 14.9 Å². The predicted molar refractivity (Wildman–Crippen MR) is 98.3 cm³/mol. The van der Waals surface area contributed by atoms with Crippen molar-refractivity contribution < 1.29 is 4.79 Å². The second kappa shape index (κ2) is 5.96. The molecule has 1 atom stereocenters. The van der Waals surface area contributed by atoms with E-state index in [9.17, 15) is 4.79 Å². The Morgan fingerprint density at radius 2 is 1.96 bits per heavy atom. The van der Waals surface area contributed by atoms with E-state index >= 15 is 0 Å². The highest BCUT2D eigenvalue weighted by molar-refractivity contribution is 14.1. The monoisotopic (exact) mass is 417 g/mol. The second-order valence-corrected chi connectivity index (χ2v) is 7.05. The number of para-hydroxylation sites is 2. The SMILES string of the molecule is O=C(c1ccc(I)cc1)N1CCCC1c1nc2ccccc2[nH]1. The number of fused-ring (bicyclic) bond motifs is 1.